The van der Waals surface area contributed by atoms with Gasteiger partial charge in [0.15, 0.2) is 0 Å². The first kappa shape index (κ1) is 12.8. The van der Waals surface area contributed by atoms with E-state index in [2.05, 4.69) is 0 Å². The molecule has 0 bridgehead atoms. The number of rotatable bonds is 5. The van der Waals surface area contributed by atoms with Crippen molar-refractivity contribution in [2.45, 2.75) is 32.7 Å². The van der Waals surface area contributed by atoms with Gasteiger partial charge in [-0.3, -0.25) is 0 Å². The van der Waals surface area contributed by atoms with Crippen LogP contribution >= 0.6 is 0 Å². The average molecular weight is 195 g/mol. The molecular formula is C9H19F2NO. The van der Waals surface area contributed by atoms with Crippen LogP contribution in [-0.4, -0.2) is 42.2 Å². The van der Waals surface area contributed by atoms with Crippen molar-refractivity contribution in [2.75, 3.05) is 20.2 Å². The second-order valence-corrected chi connectivity index (χ2v) is 3.87. The summed E-state index contributed by atoms with van der Waals surface area (Å²) in [7, 11) is 1.78. The van der Waals surface area contributed by atoms with E-state index in [9.17, 15) is 8.78 Å². The van der Waals surface area contributed by atoms with E-state index in [1.807, 2.05) is 13.8 Å². The van der Waals surface area contributed by atoms with Gasteiger partial charge < -0.3 is 10.0 Å². The molecule has 0 saturated heterocycles. The Morgan fingerprint density at radius 2 is 1.85 bits per heavy atom. The molecule has 0 radical (unpaired) electrons. The molecule has 1 atom stereocenters. The maximum absolute atomic E-state index is 12.8. The molecule has 0 aromatic carbocycles. The molecule has 1 unspecified atom stereocenters. The first-order valence-corrected chi connectivity index (χ1v) is 4.48. The highest BCUT2D eigenvalue weighted by molar-refractivity contribution is 4.75. The summed E-state index contributed by atoms with van der Waals surface area (Å²) in [5.41, 5.74) is 0. The molecule has 0 aliphatic carbocycles. The lowest BCUT2D eigenvalue weighted by Crippen LogP contribution is -2.40. The van der Waals surface area contributed by atoms with Crippen LogP contribution in [0.1, 0.15) is 20.8 Å². The number of halogens is 2. The third kappa shape index (κ3) is 4.52. The van der Waals surface area contributed by atoms with Crippen molar-refractivity contribution in [1.82, 2.24) is 4.90 Å². The second kappa shape index (κ2) is 4.86. The van der Waals surface area contributed by atoms with Crippen LogP contribution < -0.4 is 0 Å². The molecule has 0 heterocycles. The number of nitrogens with zero attached hydrogens (tertiary/aromatic N) is 1. The molecule has 0 rings (SSSR count). The SMILES string of the molecule is CC(C)N(C)CC(CO)C(C)(F)F. The van der Waals surface area contributed by atoms with E-state index in [4.69, 9.17) is 5.11 Å². The summed E-state index contributed by atoms with van der Waals surface area (Å²) in [5, 5.41) is 8.79. The molecule has 0 aliphatic heterocycles. The van der Waals surface area contributed by atoms with Crippen LogP contribution in [0.25, 0.3) is 0 Å². The van der Waals surface area contributed by atoms with E-state index in [0.717, 1.165) is 6.92 Å². The zero-order valence-electron chi connectivity index (χ0n) is 8.72. The maximum Gasteiger partial charge on any atom is 0.251 e. The van der Waals surface area contributed by atoms with Crippen LogP contribution in [0, 0.1) is 5.92 Å². The van der Waals surface area contributed by atoms with Gasteiger partial charge in [-0.2, -0.15) is 0 Å². The summed E-state index contributed by atoms with van der Waals surface area (Å²) in [6.07, 6.45) is 0. The number of hydrogen-bond acceptors (Lipinski definition) is 2. The minimum Gasteiger partial charge on any atom is -0.396 e. The number of aliphatic hydroxyl groups is 1. The topological polar surface area (TPSA) is 23.5 Å². The zero-order valence-corrected chi connectivity index (χ0v) is 8.72. The van der Waals surface area contributed by atoms with Crippen LogP contribution in [0.15, 0.2) is 0 Å². The molecule has 0 aromatic heterocycles. The van der Waals surface area contributed by atoms with Crippen molar-refractivity contribution >= 4 is 0 Å². The minimum absolute atomic E-state index is 0.219. The Kier molecular flexibility index (Phi) is 4.78. The fourth-order valence-corrected chi connectivity index (χ4v) is 0.937. The van der Waals surface area contributed by atoms with Gasteiger partial charge in [0.1, 0.15) is 0 Å². The Hall–Kier alpha value is -0.220. The van der Waals surface area contributed by atoms with E-state index in [-0.39, 0.29) is 12.6 Å². The predicted molar refractivity (Wildman–Crippen MR) is 49.0 cm³/mol. The minimum atomic E-state index is -2.81. The molecule has 0 amide bonds. The smallest absolute Gasteiger partial charge is 0.251 e. The fourth-order valence-electron chi connectivity index (χ4n) is 0.937. The number of hydrogen-bond donors (Lipinski definition) is 1. The molecule has 80 valence electrons. The van der Waals surface area contributed by atoms with Crippen molar-refractivity contribution in [3.63, 3.8) is 0 Å². The third-order valence-electron chi connectivity index (χ3n) is 2.33. The quantitative estimate of drug-likeness (QED) is 0.720. The average Bonchev–Trinajstić information content (AvgIpc) is 1.96. The Labute approximate surface area is 78.5 Å². The Balaban J connectivity index is 4.14. The van der Waals surface area contributed by atoms with Crippen molar-refractivity contribution in [1.29, 1.82) is 0 Å². The largest absolute Gasteiger partial charge is 0.396 e. The first-order chi connectivity index (χ1) is 5.79. The molecule has 0 saturated carbocycles. The van der Waals surface area contributed by atoms with E-state index in [1.165, 1.54) is 0 Å². The monoisotopic (exact) mass is 195 g/mol. The highest BCUT2D eigenvalue weighted by Crippen LogP contribution is 2.24. The van der Waals surface area contributed by atoms with Crippen LogP contribution in [0.4, 0.5) is 8.78 Å². The van der Waals surface area contributed by atoms with Gasteiger partial charge in [0.2, 0.25) is 0 Å². The van der Waals surface area contributed by atoms with Gasteiger partial charge in [0, 0.05) is 12.6 Å². The molecule has 0 spiro atoms. The standard InChI is InChI=1S/C9H19F2NO/c1-7(2)12(4)5-8(6-13)9(3,10)11/h7-8,13H,5-6H2,1-4H3. The number of alkyl halides is 2. The van der Waals surface area contributed by atoms with Crippen molar-refractivity contribution < 1.29 is 13.9 Å². The summed E-state index contributed by atoms with van der Waals surface area (Å²) in [4.78, 5) is 1.80. The van der Waals surface area contributed by atoms with Gasteiger partial charge in [-0.15, -0.1) is 0 Å². The van der Waals surface area contributed by atoms with E-state index >= 15 is 0 Å². The Bertz CT molecular complexity index is 145. The van der Waals surface area contributed by atoms with Gasteiger partial charge in [-0.25, -0.2) is 8.78 Å². The van der Waals surface area contributed by atoms with E-state index < -0.39 is 18.4 Å². The molecule has 1 N–H and O–H groups in total. The third-order valence-corrected chi connectivity index (χ3v) is 2.33. The van der Waals surface area contributed by atoms with E-state index in [0.29, 0.717) is 0 Å². The molecular weight excluding hydrogens is 176 g/mol. The van der Waals surface area contributed by atoms with Crippen molar-refractivity contribution in [2.24, 2.45) is 5.92 Å². The molecule has 0 aliphatic rings. The lowest BCUT2D eigenvalue weighted by atomic mass is 10.0. The van der Waals surface area contributed by atoms with Crippen molar-refractivity contribution in [3.05, 3.63) is 0 Å². The van der Waals surface area contributed by atoms with Crippen LogP contribution in [0.3, 0.4) is 0 Å². The molecule has 0 aromatic rings. The summed E-state index contributed by atoms with van der Waals surface area (Å²) >= 11 is 0. The molecule has 13 heavy (non-hydrogen) atoms. The summed E-state index contributed by atoms with van der Waals surface area (Å²) < 4.78 is 25.6. The summed E-state index contributed by atoms with van der Waals surface area (Å²) in [5.74, 6) is -3.78. The van der Waals surface area contributed by atoms with Crippen LogP contribution in [-0.2, 0) is 0 Å². The van der Waals surface area contributed by atoms with Crippen LogP contribution in [0.5, 0.6) is 0 Å². The Morgan fingerprint density at radius 1 is 1.38 bits per heavy atom. The van der Waals surface area contributed by atoms with Gasteiger partial charge in [0.05, 0.1) is 12.5 Å². The molecule has 0 fully saturated rings. The van der Waals surface area contributed by atoms with E-state index in [1.54, 1.807) is 11.9 Å². The Morgan fingerprint density at radius 3 is 2.08 bits per heavy atom. The van der Waals surface area contributed by atoms with Gasteiger partial charge in [-0.1, -0.05) is 0 Å². The van der Waals surface area contributed by atoms with Gasteiger partial charge >= 0.3 is 0 Å². The van der Waals surface area contributed by atoms with Crippen LogP contribution in [0.2, 0.25) is 0 Å². The summed E-state index contributed by atoms with van der Waals surface area (Å²) in [6.45, 7) is 4.46. The highest BCUT2D eigenvalue weighted by Gasteiger charge is 2.34. The normalized spacial score (nSPS) is 15.5. The van der Waals surface area contributed by atoms with Gasteiger partial charge in [0.25, 0.3) is 5.92 Å². The second-order valence-electron chi connectivity index (χ2n) is 3.87. The maximum atomic E-state index is 12.8. The zero-order chi connectivity index (χ0) is 10.6. The lowest BCUT2D eigenvalue weighted by molar-refractivity contribution is -0.0703. The van der Waals surface area contributed by atoms with Crippen molar-refractivity contribution in [3.8, 4) is 0 Å². The first-order valence-electron chi connectivity index (χ1n) is 4.48. The molecule has 2 nitrogen and oxygen atoms in total. The highest BCUT2D eigenvalue weighted by atomic mass is 19.3. The predicted octanol–water partition coefficient (Wildman–Crippen LogP) is 1.59. The number of aliphatic hydroxyl groups excluding tert-OH is 1. The lowest BCUT2D eigenvalue weighted by Gasteiger charge is -2.29. The molecule has 4 heteroatoms. The van der Waals surface area contributed by atoms with Gasteiger partial charge in [-0.05, 0) is 27.8 Å². The summed E-state index contributed by atoms with van der Waals surface area (Å²) in [6, 6.07) is 0.219. The fraction of sp³-hybridized carbons (Fsp3) is 1.00.